The van der Waals surface area contributed by atoms with Crippen molar-refractivity contribution in [3.63, 3.8) is 0 Å². The molecule has 0 fully saturated rings. The highest BCUT2D eigenvalue weighted by atomic mass is 79.9. The first-order valence-electron chi connectivity index (χ1n) is 7.29. The SMILES string of the molecule is Br.COc1ccc2c(c1)C(C)(CCN(C)C)C(C)CC2. The van der Waals surface area contributed by atoms with Gasteiger partial charge in [-0.3, -0.25) is 0 Å². The van der Waals surface area contributed by atoms with Crippen LogP contribution in [0.2, 0.25) is 0 Å². The third kappa shape index (κ3) is 3.37. The zero-order valence-electron chi connectivity index (χ0n) is 13.4. The molecule has 2 nitrogen and oxygen atoms in total. The Balaban J connectivity index is 0.00000200. The van der Waals surface area contributed by atoms with Crippen LogP contribution < -0.4 is 4.74 Å². The second-order valence-electron chi connectivity index (χ2n) is 6.43. The minimum atomic E-state index is 0. The largest absolute Gasteiger partial charge is 0.497 e. The summed E-state index contributed by atoms with van der Waals surface area (Å²) in [5.41, 5.74) is 3.29. The molecule has 3 heteroatoms. The molecule has 0 saturated carbocycles. The molecule has 0 radical (unpaired) electrons. The molecule has 2 atom stereocenters. The van der Waals surface area contributed by atoms with Crippen molar-refractivity contribution in [3.05, 3.63) is 29.3 Å². The van der Waals surface area contributed by atoms with E-state index in [1.807, 2.05) is 0 Å². The van der Waals surface area contributed by atoms with Gasteiger partial charge in [0, 0.05) is 0 Å². The topological polar surface area (TPSA) is 12.5 Å². The molecule has 0 aliphatic heterocycles. The number of aryl methyl sites for hydroxylation is 1. The molecular formula is C17H28BrNO. The summed E-state index contributed by atoms with van der Waals surface area (Å²) in [7, 11) is 6.07. The van der Waals surface area contributed by atoms with Crippen LogP contribution in [0.15, 0.2) is 18.2 Å². The van der Waals surface area contributed by atoms with Gasteiger partial charge in [-0.05, 0) is 74.5 Å². The van der Waals surface area contributed by atoms with Gasteiger partial charge in [-0.25, -0.2) is 0 Å². The highest BCUT2D eigenvalue weighted by Gasteiger charge is 2.37. The molecule has 0 saturated heterocycles. The predicted molar refractivity (Wildman–Crippen MR) is 91.3 cm³/mol. The second kappa shape index (κ2) is 6.95. The Hall–Kier alpha value is -0.540. The molecule has 0 spiro atoms. The van der Waals surface area contributed by atoms with E-state index < -0.39 is 0 Å². The van der Waals surface area contributed by atoms with Gasteiger partial charge >= 0.3 is 0 Å². The summed E-state index contributed by atoms with van der Waals surface area (Å²) in [6, 6.07) is 6.62. The Bertz CT molecular complexity index is 447. The summed E-state index contributed by atoms with van der Waals surface area (Å²) in [5.74, 6) is 1.72. The summed E-state index contributed by atoms with van der Waals surface area (Å²) in [6.45, 7) is 5.97. The maximum atomic E-state index is 5.42. The number of nitrogens with zero attached hydrogens (tertiary/aromatic N) is 1. The van der Waals surface area contributed by atoms with E-state index in [9.17, 15) is 0 Å². The molecular weight excluding hydrogens is 314 g/mol. The molecule has 2 rings (SSSR count). The van der Waals surface area contributed by atoms with Gasteiger partial charge < -0.3 is 9.64 Å². The van der Waals surface area contributed by atoms with Crippen LogP contribution in [0.5, 0.6) is 5.75 Å². The van der Waals surface area contributed by atoms with Gasteiger partial charge in [0.25, 0.3) is 0 Å². The van der Waals surface area contributed by atoms with Crippen molar-refractivity contribution in [3.8, 4) is 5.75 Å². The number of methoxy groups -OCH3 is 1. The summed E-state index contributed by atoms with van der Waals surface area (Å²) >= 11 is 0. The summed E-state index contributed by atoms with van der Waals surface area (Å²) in [4.78, 5) is 2.28. The summed E-state index contributed by atoms with van der Waals surface area (Å²) < 4.78 is 5.42. The minimum Gasteiger partial charge on any atom is -0.497 e. The van der Waals surface area contributed by atoms with Gasteiger partial charge in [-0.15, -0.1) is 17.0 Å². The van der Waals surface area contributed by atoms with E-state index in [2.05, 4.69) is 51.0 Å². The van der Waals surface area contributed by atoms with Gasteiger partial charge in [0.2, 0.25) is 0 Å². The molecule has 1 aliphatic rings. The fraction of sp³-hybridized carbons (Fsp3) is 0.647. The average molecular weight is 342 g/mol. The third-order valence-corrected chi connectivity index (χ3v) is 4.95. The monoisotopic (exact) mass is 341 g/mol. The number of halogens is 1. The lowest BCUT2D eigenvalue weighted by Gasteiger charge is -2.42. The number of ether oxygens (including phenoxy) is 1. The van der Waals surface area contributed by atoms with Crippen LogP contribution in [0.4, 0.5) is 0 Å². The minimum absolute atomic E-state index is 0. The first-order chi connectivity index (χ1) is 8.97. The van der Waals surface area contributed by atoms with Crippen LogP contribution in [-0.2, 0) is 11.8 Å². The Kier molecular flexibility index (Phi) is 6.08. The number of benzene rings is 1. The van der Waals surface area contributed by atoms with Crippen LogP contribution in [-0.4, -0.2) is 32.6 Å². The van der Waals surface area contributed by atoms with Gasteiger partial charge in [-0.1, -0.05) is 19.9 Å². The predicted octanol–water partition coefficient (Wildman–Crippen LogP) is 4.06. The molecule has 0 amide bonds. The number of hydrogen-bond acceptors (Lipinski definition) is 2. The lowest BCUT2D eigenvalue weighted by molar-refractivity contribution is 0.228. The molecule has 1 aromatic rings. The number of fused-ring (bicyclic) bond motifs is 1. The first kappa shape index (κ1) is 17.5. The average Bonchev–Trinajstić information content (AvgIpc) is 2.41. The van der Waals surface area contributed by atoms with Crippen molar-refractivity contribution < 1.29 is 4.74 Å². The second-order valence-corrected chi connectivity index (χ2v) is 6.43. The molecule has 1 aromatic carbocycles. The molecule has 0 bridgehead atoms. The molecule has 0 aromatic heterocycles. The first-order valence-corrected chi connectivity index (χ1v) is 7.29. The maximum absolute atomic E-state index is 5.42. The lowest BCUT2D eigenvalue weighted by atomic mass is 9.63. The van der Waals surface area contributed by atoms with Gasteiger partial charge in [0.15, 0.2) is 0 Å². The van der Waals surface area contributed by atoms with E-state index in [0.717, 1.165) is 18.2 Å². The van der Waals surface area contributed by atoms with E-state index in [-0.39, 0.29) is 22.4 Å². The Morgan fingerprint density at radius 1 is 1.35 bits per heavy atom. The normalized spacial score (nSPS) is 25.0. The molecule has 2 unspecified atom stereocenters. The van der Waals surface area contributed by atoms with Gasteiger partial charge in [-0.2, -0.15) is 0 Å². The summed E-state index contributed by atoms with van der Waals surface area (Å²) in [6.07, 6.45) is 3.71. The summed E-state index contributed by atoms with van der Waals surface area (Å²) in [5, 5.41) is 0. The zero-order valence-corrected chi connectivity index (χ0v) is 15.1. The van der Waals surface area contributed by atoms with E-state index in [1.165, 1.54) is 30.4 Å². The van der Waals surface area contributed by atoms with Crippen molar-refractivity contribution >= 4 is 17.0 Å². The van der Waals surface area contributed by atoms with Crippen molar-refractivity contribution in [1.82, 2.24) is 4.90 Å². The smallest absolute Gasteiger partial charge is 0.119 e. The highest BCUT2D eigenvalue weighted by molar-refractivity contribution is 8.93. The van der Waals surface area contributed by atoms with Crippen molar-refractivity contribution in [2.75, 3.05) is 27.7 Å². The maximum Gasteiger partial charge on any atom is 0.119 e. The highest BCUT2D eigenvalue weighted by Crippen LogP contribution is 2.44. The molecule has 1 aliphatic carbocycles. The Labute approximate surface area is 134 Å². The fourth-order valence-electron chi connectivity index (χ4n) is 3.23. The van der Waals surface area contributed by atoms with Gasteiger partial charge in [0.1, 0.15) is 5.75 Å². The third-order valence-electron chi connectivity index (χ3n) is 4.95. The standard InChI is InChI=1S/C17H27NO.BrH/c1-13-6-7-14-8-9-15(19-5)12-16(14)17(13,2)10-11-18(3)4;/h8-9,12-13H,6-7,10-11H2,1-5H3;1H. The lowest BCUT2D eigenvalue weighted by Crippen LogP contribution is -2.38. The van der Waals surface area contributed by atoms with E-state index >= 15 is 0 Å². The Morgan fingerprint density at radius 2 is 2.05 bits per heavy atom. The van der Waals surface area contributed by atoms with Crippen LogP contribution >= 0.6 is 17.0 Å². The van der Waals surface area contributed by atoms with Crippen LogP contribution in [0.25, 0.3) is 0 Å². The van der Waals surface area contributed by atoms with E-state index in [1.54, 1.807) is 7.11 Å². The van der Waals surface area contributed by atoms with Crippen LogP contribution in [0, 0.1) is 5.92 Å². The Morgan fingerprint density at radius 3 is 2.65 bits per heavy atom. The van der Waals surface area contributed by atoms with Crippen LogP contribution in [0.3, 0.4) is 0 Å². The van der Waals surface area contributed by atoms with E-state index in [4.69, 9.17) is 4.74 Å². The molecule has 0 N–H and O–H groups in total. The van der Waals surface area contributed by atoms with Crippen molar-refractivity contribution in [2.45, 2.75) is 38.5 Å². The molecule has 20 heavy (non-hydrogen) atoms. The molecule has 114 valence electrons. The molecule has 0 heterocycles. The fourth-order valence-corrected chi connectivity index (χ4v) is 3.23. The van der Waals surface area contributed by atoms with E-state index in [0.29, 0.717) is 0 Å². The number of hydrogen-bond donors (Lipinski definition) is 0. The van der Waals surface area contributed by atoms with Crippen molar-refractivity contribution in [1.29, 1.82) is 0 Å². The zero-order chi connectivity index (χ0) is 14.0. The quantitative estimate of drug-likeness (QED) is 0.818. The van der Waals surface area contributed by atoms with Gasteiger partial charge in [0.05, 0.1) is 7.11 Å². The van der Waals surface area contributed by atoms with Crippen LogP contribution in [0.1, 0.15) is 37.8 Å². The number of rotatable bonds is 4. The van der Waals surface area contributed by atoms with Crippen molar-refractivity contribution in [2.24, 2.45) is 5.92 Å².